The summed E-state index contributed by atoms with van der Waals surface area (Å²) in [7, 11) is -1.60. The number of hydrogen-bond acceptors (Lipinski definition) is 5. The highest BCUT2D eigenvalue weighted by atomic mass is 32.2. The molecule has 0 atom stereocenters. The van der Waals surface area contributed by atoms with Gasteiger partial charge >= 0.3 is 0 Å². The lowest BCUT2D eigenvalue weighted by Gasteiger charge is -2.30. The van der Waals surface area contributed by atoms with Gasteiger partial charge in [0.25, 0.3) is 0 Å². The van der Waals surface area contributed by atoms with E-state index < -0.39 is 10.0 Å². The third kappa shape index (κ3) is 4.15. The number of rotatable bonds is 6. The van der Waals surface area contributed by atoms with Crippen molar-refractivity contribution in [1.82, 2.24) is 9.29 Å². The monoisotopic (exact) mass is 366 g/mol. The Morgan fingerprint density at radius 1 is 1.33 bits per heavy atom. The molecule has 0 unspecified atom stereocenters. The van der Waals surface area contributed by atoms with Crippen molar-refractivity contribution in [1.29, 1.82) is 0 Å². The van der Waals surface area contributed by atoms with Gasteiger partial charge in [0, 0.05) is 30.6 Å². The van der Waals surface area contributed by atoms with Crippen molar-refractivity contribution < 1.29 is 13.2 Å². The lowest BCUT2D eigenvalue weighted by molar-refractivity contribution is 0.319. The molecule has 3 rings (SSSR count). The largest absolute Gasteiger partial charge is 0.497 e. The fraction of sp³-hybridized carbons (Fsp3) is 0.471. The van der Waals surface area contributed by atoms with Crippen LogP contribution in [0.5, 0.6) is 5.75 Å². The first-order chi connectivity index (χ1) is 11.6. The zero-order valence-corrected chi connectivity index (χ0v) is 15.4. The second kappa shape index (κ2) is 7.63. The van der Waals surface area contributed by atoms with Crippen molar-refractivity contribution >= 4 is 21.4 Å². The fourth-order valence-electron chi connectivity index (χ4n) is 3.02. The van der Waals surface area contributed by atoms with Crippen molar-refractivity contribution in [3.05, 3.63) is 46.4 Å². The molecule has 5 nitrogen and oxygen atoms in total. The first-order valence-corrected chi connectivity index (χ1v) is 10.6. The summed E-state index contributed by atoms with van der Waals surface area (Å²) in [5, 5.41) is 3.11. The van der Waals surface area contributed by atoms with Gasteiger partial charge in [0.2, 0.25) is 10.0 Å². The first-order valence-electron chi connectivity index (χ1n) is 8.08. The smallest absolute Gasteiger partial charge is 0.214 e. The number of hydrogen-bond donors (Lipinski definition) is 0. The van der Waals surface area contributed by atoms with Crippen LogP contribution in [0.4, 0.5) is 0 Å². The molecule has 130 valence electrons. The number of aryl methyl sites for hydroxylation is 1. The Labute approximate surface area is 147 Å². The van der Waals surface area contributed by atoms with Crippen LogP contribution in [-0.4, -0.2) is 43.7 Å². The highest BCUT2D eigenvalue weighted by molar-refractivity contribution is 7.89. The average Bonchev–Trinajstić information content (AvgIpc) is 3.15. The van der Waals surface area contributed by atoms with E-state index in [1.807, 2.05) is 35.8 Å². The molecule has 7 heteroatoms. The maximum atomic E-state index is 12.6. The third-order valence-electron chi connectivity index (χ3n) is 4.43. The third-order valence-corrected chi connectivity index (χ3v) is 7.24. The molecule has 0 bridgehead atoms. The van der Waals surface area contributed by atoms with Gasteiger partial charge in [0.1, 0.15) is 5.75 Å². The Morgan fingerprint density at radius 3 is 2.79 bits per heavy atom. The summed E-state index contributed by atoms with van der Waals surface area (Å²) in [5.74, 6) is 1.30. The SMILES string of the molecule is COc1cccc(CCS(=O)(=O)N2CCC(c3nccs3)CC2)c1. The van der Waals surface area contributed by atoms with E-state index in [4.69, 9.17) is 4.74 Å². The van der Waals surface area contributed by atoms with Gasteiger partial charge in [-0.05, 0) is 37.0 Å². The molecule has 24 heavy (non-hydrogen) atoms. The zero-order chi connectivity index (χ0) is 17.0. The van der Waals surface area contributed by atoms with Crippen molar-refractivity contribution in [3.8, 4) is 5.75 Å². The molecule has 2 aromatic rings. The molecule has 1 aromatic carbocycles. The summed E-state index contributed by atoms with van der Waals surface area (Å²) in [5.41, 5.74) is 0.982. The van der Waals surface area contributed by atoms with Gasteiger partial charge in [-0.15, -0.1) is 11.3 Å². The maximum Gasteiger partial charge on any atom is 0.214 e. The molecular formula is C17H22N2O3S2. The van der Waals surface area contributed by atoms with Crippen LogP contribution in [-0.2, 0) is 16.4 Å². The van der Waals surface area contributed by atoms with E-state index in [9.17, 15) is 8.42 Å². The first kappa shape index (κ1) is 17.4. The molecule has 1 aliphatic heterocycles. The lowest BCUT2D eigenvalue weighted by atomic mass is 9.99. The number of ether oxygens (including phenoxy) is 1. The molecule has 0 N–H and O–H groups in total. The van der Waals surface area contributed by atoms with Gasteiger partial charge in [-0.25, -0.2) is 17.7 Å². The molecule has 1 fully saturated rings. The Balaban J connectivity index is 1.56. The summed E-state index contributed by atoms with van der Waals surface area (Å²) in [6.07, 6.45) is 4.03. The van der Waals surface area contributed by atoms with E-state index in [1.165, 1.54) is 0 Å². The molecular weight excluding hydrogens is 344 g/mol. The van der Waals surface area contributed by atoms with E-state index in [2.05, 4.69) is 4.98 Å². The summed E-state index contributed by atoms with van der Waals surface area (Å²) < 4.78 is 32.0. The van der Waals surface area contributed by atoms with Crippen LogP contribution in [0.15, 0.2) is 35.8 Å². The molecule has 2 heterocycles. The predicted molar refractivity (Wildman–Crippen MR) is 96.1 cm³/mol. The molecule has 1 aliphatic rings. The van der Waals surface area contributed by atoms with Crippen LogP contribution in [0.1, 0.15) is 29.3 Å². The van der Waals surface area contributed by atoms with Crippen molar-refractivity contribution in [2.75, 3.05) is 26.0 Å². The molecule has 1 aromatic heterocycles. The van der Waals surface area contributed by atoms with Gasteiger partial charge in [-0.2, -0.15) is 0 Å². The van der Waals surface area contributed by atoms with Crippen LogP contribution in [0.25, 0.3) is 0 Å². The molecule has 0 aliphatic carbocycles. The Bertz CT molecular complexity index is 752. The number of sulfonamides is 1. The molecule has 0 spiro atoms. The minimum absolute atomic E-state index is 0.141. The maximum absolute atomic E-state index is 12.6. The van der Waals surface area contributed by atoms with E-state index >= 15 is 0 Å². The van der Waals surface area contributed by atoms with Crippen LogP contribution >= 0.6 is 11.3 Å². The minimum Gasteiger partial charge on any atom is -0.497 e. The Hall–Kier alpha value is -1.44. The van der Waals surface area contributed by atoms with Crippen molar-refractivity contribution in [2.45, 2.75) is 25.2 Å². The van der Waals surface area contributed by atoms with Gasteiger partial charge in [-0.3, -0.25) is 0 Å². The van der Waals surface area contributed by atoms with Gasteiger partial charge in [-0.1, -0.05) is 12.1 Å². The molecule has 1 saturated heterocycles. The summed E-state index contributed by atoms with van der Waals surface area (Å²) in [6.45, 7) is 1.18. The summed E-state index contributed by atoms with van der Waals surface area (Å²) in [4.78, 5) is 4.36. The van der Waals surface area contributed by atoms with E-state index in [0.29, 0.717) is 25.4 Å². The number of piperidine rings is 1. The van der Waals surface area contributed by atoms with Gasteiger partial charge < -0.3 is 4.74 Å². The Morgan fingerprint density at radius 2 is 2.12 bits per heavy atom. The number of thiazole rings is 1. The van der Waals surface area contributed by atoms with E-state index in [1.54, 1.807) is 22.8 Å². The number of nitrogens with zero attached hydrogens (tertiary/aromatic N) is 2. The second-order valence-electron chi connectivity index (χ2n) is 5.96. The zero-order valence-electron chi connectivity index (χ0n) is 13.7. The topological polar surface area (TPSA) is 59.5 Å². The van der Waals surface area contributed by atoms with Gasteiger partial charge in [0.15, 0.2) is 0 Å². The number of aromatic nitrogens is 1. The van der Waals surface area contributed by atoms with E-state index in [-0.39, 0.29) is 5.75 Å². The van der Waals surface area contributed by atoms with Crippen molar-refractivity contribution in [3.63, 3.8) is 0 Å². The van der Waals surface area contributed by atoms with Crippen LogP contribution in [0.2, 0.25) is 0 Å². The molecule has 0 radical (unpaired) electrons. The number of benzene rings is 1. The summed E-state index contributed by atoms with van der Waals surface area (Å²) >= 11 is 1.66. The fourth-order valence-corrected chi connectivity index (χ4v) is 5.35. The van der Waals surface area contributed by atoms with Crippen LogP contribution in [0, 0.1) is 0 Å². The second-order valence-corrected chi connectivity index (χ2v) is 8.98. The standard InChI is InChI=1S/C17H22N2O3S2/c1-22-16-4-2-3-14(13-16)7-12-24(20,21)19-9-5-15(6-10-19)17-18-8-11-23-17/h2-4,8,11,13,15H,5-7,9-10,12H2,1H3. The highest BCUT2D eigenvalue weighted by Crippen LogP contribution is 2.30. The van der Waals surface area contributed by atoms with Crippen LogP contribution in [0.3, 0.4) is 0 Å². The number of methoxy groups -OCH3 is 1. The lowest BCUT2D eigenvalue weighted by Crippen LogP contribution is -2.39. The van der Waals surface area contributed by atoms with Crippen molar-refractivity contribution in [2.24, 2.45) is 0 Å². The Kier molecular flexibility index (Phi) is 5.53. The summed E-state index contributed by atoms with van der Waals surface area (Å²) in [6, 6.07) is 7.58. The van der Waals surface area contributed by atoms with Gasteiger partial charge in [0.05, 0.1) is 17.9 Å². The van der Waals surface area contributed by atoms with E-state index in [0.717, 1.165) is 29.2 Å². The normalized spacial score (nSPS) is 17.0. The van der Waals surface area contributed by atoms with Crippen LogP contribution < -0.4 is 4.74 Å². The predicted octanol–water partition coefficient (Wildman–Crippen LogP) is 2.90. The highest BCUT2D eigenvalue weighted by Gasteiger charge is 2.29. The quantitative estimate of drug-likeness (QED) is 0.789. The minimum atomic E-state index is -3.22. The molecule has 0 amide bonds. The molecule has 0 saturated carbocycles. The average molecular weight is 367 g/mol.